The number of carbonyl (C=O) groups is 1. The predicted octanol–water partition coefficient (Wildman–Crippen LogP) is 1.41. The molecule has 1 saturated heterocycles. The Bertz CT molecular complexity index is 291. The normalized spacial score (nSPS) is 24.2. The molecule has 1 heterocycles. The van der Waals surface area contributed by atoms with Gasteiger partial charge in [0.15, 0.2) is 5.84 Å². The van der Waals surface area contributed by atoms with Crippen molar-refractivity contribution in [3.05, 3.63) is 0 Å². The lowest BCUT2D eigenvalue weighted by molar-refractivity contribution is -0.133. The van der Waals surface area contributed by atoms with Crippen molar-refractivity contribution in [1.29, 1.82) is 0 Å². The van der Waals surface area contributed by atoms with Gasteiger partial charge in [0.1, 0.15) is 0 Å². The standard InChI is InChI=1S/C12H23N3O2/c1-3-10(11(13)14-17)12(16)15-7-4-5-9(2)6-8-15/h9-10,17H,3-8H2,1-2H3,(H2,13,14). The van der Waals surface area contributed by atoms with Crippen LogP contribution in [0.5, 0.6) is 0 Å². The molecule has 3 N–H and O–H groups in total. The molecule has 1 aliphatic heterocycles. The van der Waals surface area contributed by atoms with E-state index in [0.717, 1.165) is 25.9 Å². The first-order chi connectivity index (χ1) is 8.10. The van der Waals surface area contributed by atoms with Crippen molar-refractivity contribution in [1.82, 2.24) is 4.90 Å². The minimum absolute atomic E-state index is 0.00287. The summed E-state index contributed by atoms with van der Waals surface area (Å²) in [6, 6.07) is 0. The minimum atomic E-state index is -0.478. The van der Waals surface area contributed by atoms with E-state index in [0.29, 0.717) is 12.3 Å². The molecule has 5 nitrogen and oxygen atoms in total. The van der Waals surface area contributed by atoms with Crippen molar-refractivity contribution in [2.45, 2.75) is 39.5 Å². The number of rotatable bonds is 3. The van der Waals surface area contributed by atoms with E-state index in [9.17, 15) is 4.79 Å². The van der Waals surface area contributed by atoms with Crippen LogP contribution in [0.2, 0.25) is 0 Å². The molecule has 0 bridgehead atoms. The van der Waals surface area contributed by atoms with Gasteiger partial charge in [-0.1, -0.05) is 19.0 Å². The van der Waals surface area contributed by atoms with Crippen LogP contribution in [0, 0.1) is 11.8 Å². The van der Waals surface area contributed by atoms with Crippen LogP contribution >= 0.6 is 0 Å². The Balaban J connectivity index is 2.67. The highest BCUT2D eigenvalue weighted by molar-refractivity contribution is 6.02. The molecule has 5 heteroatoms. The summed E-state index contributed by atoms with van der Waals surface area (Å²) in [6.07, 6.45) is 3.82. The fourth-order valence-electron chi connectivity index (χ4n) is 2.28. The maximum absolute atomic E-state index is 12.2. The van der Waals surface area contributed by atoms with Crippen LogP contribution in [0.15, 0.2) is 5.16 Å². The molecule has 0 aromatic rings. The Morgan fingerprint density at radius 2 is 2.24 bits per heavy atom. The molecule has 17 heavy (non-hydrogen) atoms. The molecular weight excluding hydrogens is 218 g/mol. The number of carbonyl (C=O) groups excluding carboxylic acids is 1. The van der Waals surface area contributed by atoms with E-state index >= 15 is 0 Å². The number of oxime groups is 1. The lowest BCUT2D eigenvalue weighted by Gasteiger charge is -2.24. The second kappa shape index (κ2) is 6.47. The highest BCUT2D eigenvalue weighted by Gasteiger charge is 2.27. The maximum Gasteiger partial charge on any atom is 0.233 e. The lowest BCUT2D eigenvalue weighted by Crippen LogP contribution is -2.42. The average molecular weight is 241 g/mol. The van der Waals surface area contributed by atoms with Gasteiger partial charge in [-0.3, -0.25) is 4.79 Å². The maximum atomic E-state index is 12.2. The topological polar surface area (TPSA) is 78.9 Å². The molecule has 0 aromatic heterocycles. The van der Waals surface area contributed by atoms with E-state index in [-0.39, 0.29) is 11.7 Å². The fraction of sp³-hybridized carbons (Fsp3) is 0.833. The number of likely N-dealkylation sites (tertiary alicyclic amines) is 1. The van der Waals surface area contributed by atoms with Gasteiger partial charge >= 0.3 is 0 Å². The van der Waals surface area contributed by atoms with Gasteiger partial charge in [0.2, 0.25) is 5.91 Å². The molecule has 0 aliphatic carbocycles. The zero-order valence-corrected chi connectivity index (χ0v) is 10.7. The van der Waals surface area contributed by atoms with Crippen molar-refractivity contribution in [2.24, 2.45) is 22.7 Å². The van der Waals surface area contributed by atoms with E-state index in [1.807, 2.05) is 11.8 Å². The van der Waals surface area contributed by atoms with E-state index in [1.165, 1.54) is 6.42 Å². The number of hydrogen-bond donors (Lipinski definition) is 2. The Kier molecular flexibility index (Phi) is 5.25. The lowest BCUT2D eigenvalue weighted by atomic mass is 10.0. The Morgan fingerprint density at radius 1 is 1.53 bits per heavy atom. The molecule has 1 rings (SSSR count). The highest BCUT2D eigenvalue weighted by Crippen LogP contribution is 2.19. The van der Waals surface area contributed by atoms with Gasteiger partial charge in [0, 0.05) is 13.1 Å². The molecule has 1 amide bonds. The van der Waals surface area contributed by atoms with Crippen LogP contribution in [0.1, 0.15) is 39.5 Å². The smallest absolute Gasteiger partial charge is 0.233 e. The second-order valence-electron chi connectivity index (χ2n) is 4.85. The number of amides is 1. The summed E-state index contributed by atoms with van der Waals surface area (Å²) in [5, 5.41) is 11.6. The quantitative estimate of drug-likeness (QED) is 0.339. The van der Waals surface area contributed by atoms with Gasteiger partial charge in [-0.05, 0) is 31.6 Å². The van der Waals surface area contributed by atoms with Crippen LogP contribution in [0.25, 0.3) is 0 Å². The summed E-state index contributed by atoms with van der Waals surface area (Å²) in [4.78, 5) is 14.1. The Hall–Kier alpha value is -1.26. The summed E-state index contributed by atoms with van der Waals surface area (Å²) in [7, 11) is 0. The summed E-state index contributed by atoms with van der Waals surface area (Å²) in [5.74, 6) is 0.219. The second-order valence-corrected chi connectivity index (χ2v) is 4.85. The summed E-state index contributed by atoms with van der Waals surface area (Å²) >= 11 is 0. The number of amidine groups is 1. The largest absolute Gasteiger partial charge is 0.409 e. The van der Waals surface area contributed by atoms with Crippen LogP contribution in [0.3, 0.4) is 0 Å². The summed E-state index contributed by atoms with van der Waals surface area (Å²) in [6.45, 7) is 5.67. The SMILES string of the molecule is CCC(C(=O)N1CCCC(C)CC1)/C(N)=N/O. The molecule has 0 spiro atoms. The first kappa shape index (κ1) is 13.8. The first-order valence-electron chi connectivity index (χ1n) is 6.36. The minimum Gasteiger partial charge on any atom is -0.409 e. The predicted molar refractivity (Wildman–Crippen MR) is 66.8 cm³/mol. The van der Waals surface area contributed by atoms with Gasteiger partial charge in [0.05, 0.1) is 5.92 Å². The van der Waals surface area contributed by atoms with E-state index in [2.05, 4.69) is 12.1 Å². The number of hydrogen-bond acceptors (Lipinski definition) is 3. The molecule has 0 saturated carbocycles. The third-order valence-corrected chi connectivity index (χ3v) is 3.51. The van der Waals surface area contributed by atoms with E-state index < -0.39 is 5.92 Å². The van der Waals surface area contributed by atoms with Crippen molar-refractivity contribution in [2.75, 3.05) is 13.1 Å². The van der Waals surface area contributed by atoms with Gasteiger partial charge in [-0.15, -0.1) is 0 Å². The van der Waals surface area contributed by atoms with Gasteiger partial charge in [-0.25, -0.2) is 0 Å². The van der Waals surface area contributed by atoms with E-state index in [4.69, 9.17) is 10.9 Å². The number of nitrogens with zero attached hydrogens (tertiary/aromatic N) is 2. The first-order valence-corrected chi connectivity index (χ1v) is 6.36. The highest BCUT2D eigenvalue weighted by atomic mass is 16.4. The van der Waals surface area contributed by atoms with Crippen molar-refractivity contribution >= 4 is 11.7 Å². The van der Waals surface area contributed by atoms with Crippen LogP contribution < -0.4 is 5.73 Å². The van der Waals surface area contributed by atoms with Gasteiger partial charge in [0.25, 0.3) is 0 Å². The fourth-order valence-corrected chi connectivity index (χ4v) is 2.28. The van der Waals surface area contributed by atoms with Crippen molar-refractivity contribution in [3.8, 4) is 0 Å². The van der Waals surface area contributed by atoms with Crippen molar-refractivity contribution < 1.29 is 10.0 Å². The van der Waals surface area contributed by atoms with Crippen LogP contribution in [-0.4, -0.2) is 34.9 Å². The molecule has 2 atom stereocenters. The molecule has 98 valence electrons. The molecule has 1 fully saturated rings. The van der Waals surface area contributed by atoms with Gasteiger partial charge in [-0.2, -0.15) is 0 Å². The molecule has 0 radical (unpaired) electrons. The Morgan fingerprint density at radius 3 is 2.82 bits per heavy atom. The third-order valence-electron chi connectivity index (χ3n) is 3.51. The number of nitrogens with two attached hydrogens (primary N) is 1. The molecule has 0 aromatic carbocycles. The molecule has 1 aliphatic rings. The van der Waals surface area contributed by atoms with Crippen molar-refractivity contribution in [3.63, 3.8) is 0 Å². The third kappa shape index (κ3) is 3.61. The zero-order valence-electron chi connectivity index (χ0n) is 10.7. The van der Waals surface area contributed by atoms with Crippen LogP contribution in [-0.2, 0) is 4.79 Å². The zero-order chi connectivity index (χ0) is 12.8. The molecular formula is C12H23N3O2. The summed E-state index contributed by atoms with van der Waals surface area (Å²) < 4.78 is 0. The molecule has 2 unspecified atom stereocenters. The average Bonchev–Trinajstić information content (AvgIpc) is 2.54. The van der Waals surface area contributed by atoms with E-state index in [1.54, 1.807) is 0 Å². The van der Waals surface area contributed by atoms with Crippen LogP contribution in [0.4, 0.5) is 0 Å². The Labute approximate surface area is 103 Å². The summed E-state index contributed by atoms with van der Waals surface area (Å²) in [5.41, 5.74) is 5.55. The van der Waals surface area contributed by atoms with Gasteiger partial charge < -0.3 is 15.8 Å². The monoisotopic (exact) mass is 241 g/mol.